The van der Waals surface area contributed by atoms with Crippen LogP contribution in [0.3, 0.4) is 0 Å². The highest BCUT2D eigenvalue weighted by Crippen LogP contribution is 2.28. The Kier molecular flexibility index (Phi) is 4.85. The van der Waals surface area contributed by atoms with E-state index in [9.17, 15) is 18.0 Å². The molecule has 1 amide bonds. The highest BCUT2D eigenvalue weighted by Gasteiger charge is 2.31. The van der Waals surface area contributed by atoms with Crippen LogP contribution in [-0.2, 0) is 0 Å². The second-order valence-corrected chi connectivity index (χ2v) is 5.37. The monoisotopic (exact) mass is 343 g/mol. The molecule has 0 aliphatic rings. The SMILES string of the molecule is Cc1cc(C)c(NC(=O)c2ccc(OC(F)(F)F)cc2)c(Cl)c1. The van der Waals surface area contributed by atoms with Crippen molar-refractivity contribution in [1.29, 1.82) is 0 Å². The van der Waals surface area contributed by atoms with Crippen molar-refractivity contribution in [3.8, 4) is 5.75 Å². The van der Waals surface area contributed by atoms with Crippen LogP contribution in [0.15, 0.2) is 36.4 Å². The molecule has 2 rings (SSSR count). The summed E-state index contributed by atoms with van der Waals surface area (Å²) >= 11 is 6.10. The van der Waals surface area contributed by atoms with Crippen LogP contribution in [0.2, 0.25) is 5.02 Å². The van der Waals surface area contributed by atoms with Crippen molar-refractivity contribution in [2.45, 2.75) is 20.2 Å². The van der Waals surface area contributed by atoms with Gasteiger partial charge in [-0.1, -0.05) is 17.7 Å². The lowest BCUT2D eigenvalue weighted by molar-refractivity contribution is -0.274. The Morgan fingerprint density at radius 3 is 2.26 bits per heavy atom. The van der Waals surface area contributed by atoms with E-state index in [2.05, 4.69) is 10.1 Å². The minimum Gasteiger partial charge on any atom is -0.406 e. The number of anilines is 1. The number of hydrogen-bond acceptors (Lipinski definition) is 2. The average molecular weight is 344 g/mol. The molecule has 3 nitrogen and oxygen atoms in total. The van der Waals surface area contributed by atoms with Gasteiger partial charge in [0.2, 0.25) is 0 Å². The fourth-order valence-corrected chi connectivity index (χ4v) is 2.44. The Labute approximate surface area is 136 Å². The van der Waals surface area contributed by atoms with Gasteiger partial charge in [0.1, 0.15) is 5.75 Å². The first-order chi connectivity index (χ1) is 10.7. The zero-order chi connectivity index (χ0) is 17.2. The highest BCUT2D eigenvalue weighted by atomic mass is 35.5. The van der Waals surface area contributed by atoms with Crippen molar-refractivity contribution in [2.75, 3.05) is 5.32 Å². The molecule has 122 valence electrons. The number of amides is 1. The van der Waals surface area contributed by atoms with E-state index in [-0.39, 0.29) is 5.56 Å². The van der Waals surface area contributed by atoms with Crippen molar-refractivity contribution in [2.24, 2.45) is 0 Å². The number of aryl methyl sites for hydroxylation is 2. The summed E-state index contributed by atoms with van der Waals surface area (Å²) in [6.07, 6.45) is -4.77. The minimum atomic E-state index is -4.77. The van der Waals surface area contributed by atoms with E-state index in [1.165, 1.54) is 12.1 Å². The molecule has 0 heterocycles. The normalized spacial score (nSPS) is 11.2. The maximum absolute atomic E-state index is 12.2. The first kappa shape index (κ1) is 17.1. The van der Waals surface area contributed by atoms with Crippen molar-refractivity contribution < 1.29 is 22.7 Å². The van der Waals surface area contributed by atoms with E-state index < -0.39 is 18.0 Å². The van der Waals surface area contributed by atoms with Gasteiger partial charge in [-0.2, -0.15) is 0 Å². The number of rotatable bonds is 3. The molecule has 7 heteroatoms. The lowest BCUT2D eigenvalue weighted by Crippen LogP contribution is -2.17. The van der Waals surface area contributed by atoms with Crippen molar-refractivity contribution in [3.05, 3.63) is 58.1 Å². The molecular weight excluding hydrogens is 331 g/mol. The molecule has 0 bridgehead atoms. The number of ether oxygens (including phenoxy) is 1. The topological polar surface area (TPSA) is 38.3 Å². The fraction of sp³-hybridized carbons (Fsp3) is 0.188. The number of alkyl halides is 3. The summed E-state index contributed by atoms with van der Waals surface area (Å²) in [7, 11) is 0. The summed E-state index contributed by atoms with van der Waals surface area (Å²) in [6.45, 7) is 3.68. The maximum atomic E-state index is 12.2. The second kappa shape index (κ2) is 6.50. The Morgan fingerprint density at radius 2 is 1.74 bits per heavy atom. The number of benzene rings is 2. The number of nitrogens with one attached hydrogen (secondary N) is 1. The molecule has 1 N–H and O–H groups in total. The van der Waals surface area contributed by atoms with Gasteiger partial charge in [0, 0.05) is 5.56 Å². The van der Waals surface area contributed by atoms with Crippen molar-refractivity contribution in [3.63, 3.8) is 0 Å². The molecule has 0 aliphatic carbocycles. The van der Waals surface area contributed by atoms with E-state index in [1.54, 1.807) is 13.0 Å². The Morgan fingerprint density at radius 1 is 1.13 bits per heavy atom. The molecule has 0 saturated carbocycles. The van der Waals surface area contributed by atoms with Gasteiger partial charge in [-0.3, -0.25) is 4.79 Å². The third-order valence-electron chi connectivity index (χ3n) is 3.02. The molecule has 0 spiro atoms. The molecule has 0 aromatic heterocycles. The van der Waals surface area contributed by atoms with Crippen molar-refractivity contribution in [1.82, 2.24) is 0 Å². The number of carbonyl (C=O) groups is 1. The Hall–Kier alpha value is -2.21. The zero-order valence-electron chi connectivity index (χ0n) is 12.3. The standard InChI is InChI=1S/C16H13ClF3NO2/c1-9-7-10(2)14(13(17)8-9)21-15(22)11-3-5-12(6-4-11)23-16(18,19)20/h3-8H,1-2H3,(H,21,22). The number of hydrogen-bond donors (Lipinski definition) is 1. The molecule has 2 aromatic carbocycles. The average Bonchev–Trinajstić information content (AvgIpc) is 2.41. The molecular formula is C16H13ClF3NO2. The summed E-state index contributed by atoms with van der Waals surface area (Å²) in [5.41, 5.74) is 2.41. The Bertz CT molecular complexity index is 704. The van der Waals surface area contributed by atoms with Gasteiger partial charge < -0.3 is 10.1 Å². The maximum Gasteiger partial charge on any atom is 0.573 e. The first-order valence-electron chi connectivity index (χ1n) is 6.59. The number of halogens is 4. The van der Waals surface area contributed by atoms with E-state index in [4.69, 9.17) is 11.6 Å². The quantitative estimate of drug-likeness (QED) is 0.841. The second-order valence-electron chi connectivity index (χ2n) is 4.96. The van der Waals surface area contributed by atoms with Gasteiger partial charge in [0.15, 0.2) is 0 Å². The largest absolute Gasteiger partial charge is 0.573 e. The highest BCUT2D eigenvalue weighted by molar-refractivity contribution is 6.34. The summed E-state index contributed by atoms with van der Waals surface area (Å²) in [5, 5.41) is 3.05. The summed E-state index contributed by atoms with van der Waals surface area (Å²) < 4.78 is 40.0. The molecule has 23 heavy (non-hydrogen) atoms. The lowest BCUT2D eigenvalue weighted by Gasteiger charge is -2.12. The van der Waals surface area contributed by atoms with Gasteiger partial charge in [0.25, 0.3) is 5.91 Å². The number of carbonyl (C=O) groups excluding carboxylic acids is 1. The minimum absolute atomic E-state index is 0.190. The van der Waals surface area contributed by atoms with Crippen molar-refractivity contribution >= 4 is 23.2 Å². The molecule has 0 fully saturated rings. The van der Waals surface area contributed by atoms with Gasteiger partial charge in [0.05, 0.1) is 10.7 Å². The third kappa shape index (κ3) is 4.63. The van der Waals surface area contributed by atoms with Crippen LogP contribution in [0.4, 0.5) is 18.9 Å². The van der Waals surface area contributed by atoms with Gasteiger partial charge in [-0.15, -0.1) is 13.2 Å². The summed E-state index contributed by atoms with van der Waals surface area (Å²) in [6, 6.07) is 8.21. The van der Waals surface area contributed by atoms with Gasteiger partial charge in [-0.25, -0.2) is 0 Å². The predicted octanol–water partition coefficient (Wildman–Crippen LogP) is 5.11. The molecule has 0 aliphatic heterocycles. The Balaban J connectivity index is 2.16. The zero-order valence-corrected chi connectivity index (χ0v) is 13.0. The third-order valence-corrected chi connectivity index (χ3v) is 3.32. The van der Waals surface area contributed by atoms with Crippen LogP contribution < -0.4 is 10.1 Å². The molecule has 0 saturated heterocycles. The van der Waals surface area contributed by atoms with Crippen LogP contribution >= 0.6 is 11.6 Å². The van der Waals surface area contributed by atoms with Crippen LogP contribution in [0, 0.1) is 13.8 Å². The van der Waals surface area contributed by atoms with E-state index in [0.29, 0.717) is 10.7 Å². The molecule has 2 aromatic rings. The summed E-state index contributed by atoms with van der Waals surface area (Å²) in [4.78, 5) is 12.2. The van der Waals surface area contributed by atoms with Gasteiger partial charge >= 0.3 is 6.36 Å². The first-order valence-corrected chi connectivity index (χ1v) is 6.97. The van der Waals surface area contributed by atoms with E-state index in [0.717, 1.165) is 23.3 Å². The molecule has 0 atom stereocenters. The van der Waals surface area contributed by atoms with Gasteiger partial charge in [-0.05, 0) is 55.3 Å². The van der Waals surface area contributed by atoms with E-state index >= 15 is 0 Å². The van der Waals surface area contributed by atoms with Crippen LogP contribution in [0.25, 0.3) is 0 Å². The van der Waals surface area contributed by atoms with Crippen LogP contribution in [0.5, 0.6) is 5.75 Å². The summed E-state index contributed by atoms with van der Waals surface area (Å²) in [5.74, 6) is -0.865. The fourth-order valence-electron chi connectivity index (χ4n) is 2.07. The lowest BCUT2D eigenvalue weighted by atomic mass is 10.1. The van der Waals surface area contributed by atoms with E-state index in [1.807, 2.05) is 13.0 Å². The smallest absolute Gasteiger partial charge is 0.406 e. The van der Waals surface area contributed by atoms with Crippen LogP contribution in [0.1, 0.15) is 21.5 Å². The van der Waals surface area contributed by atoms with Crippen LogP contribution in [-0.4, -0.2) is 12.3 Å². The predicted molar refractivity (Wildman–Crippen MR) is 82.0 cm³/mol. The molecule has 0 unspecified atom stereocenters. The molecule has 0 radical (unpaired) electrons.